The molecule has 0 spiro atoms. The highest BCUT2D eigenvalue weighted by Gasteiger charge is 2.26. The zero-order valence-electron chi connectivity index (χ0n) is 12.5. The first-order chi connectivity index (χ1) is 9.00. The molecule has 1 saturated heterocycles. The van der Waals surface area contributed by atoms with Crippen molar-refractivity contribution in [2.75, 3.05) is 19.6 Å². The summed E-state index contributed by atoms with van der Waals surface area (Å²) in [5.74, 6) is 0.333. The molecule has 1 aromatic rings. The molecule has 1 aliphatic rings. The third-order valence-corrected chi connectivity index (χ3v) is 4.01. The molecule has 2 rings (SSSR count). The fourth-order valence-corrected chi connectivity index (χ4v) is 2.76. The third-order valence-electron chi connectivity index (χ3n) is 4.01. The number of carbonyl (C=O) groups excluding carboxylic acids is 1. The van der Waals surface area contributed by atoms with E-state index in [1.165, 1.54) is 11.1 Å². The number of benzene rings is 1. The largest absolute Gasteiger partial charge is 0.355 e. The summed E-state index contributed by atoms with van der Waals surface area (Å²) in [6.45, 7) is 8.95. The molecular weight excluding hydrogens is 272 g/mol. The van der Waals surface area contributed by atoms with Crippen molar-refractivity contribution in [2.45, 2.75) is 32.6 Å². The van der Waals surface area contributed by atoms with E-state index >= 15 is 0 Å². The van der Waals surface area contributed by atoms with Gasteiger partial charge in [-0.1, -0.05) is 38.1 Å². The van der Waals surface area contributed by atoms with Crippen molar-refractivity contribution in [1.82, 2.24) is 10.6 Å². The van der Waals surface area contributed by atoms with Crippen molar-refractivity contribution >= 4 is 18.3 Å². The van der Waals surface area contributed by atoms with E-state index in [1.807, 2.05) is 0 Å². The van der Waals surface area contributed by atoms with Crippen LogP contribution < -0.4 is 10.6 Å². The molecule has 1 atom stereocenters. The molecule has 0 radical (unpaired) electrons. The number of aryl methyl sites for hydroxylation is 1. The van der Waals surface area contributed by atoms with Crippen LogP contribution in [0.1, 0.15) is 31.4 Å². The van der Waals surface area contributed by atoms with Gasteiger partial charge < -0.3 is 10.6 Å². The molecule has 2 N–H and O–H groups in total. The van der Waals surface area contributed by atoms with Gasteiger partial charge in [-0.15, -0.1) is 12.4 Å². The van der Waals surface area contributed by atoms with Crippen LogP contribution in [0.4, 0.5) is 0 Å². The Kier molecular flexibility index (Phi) is 6.03. The Morgan fingerprint density at radius 2 is 2.10 bits per heavy atom. The molecule has 1 heterocycles. The van der Waals surface area contributed by atoms with Gasteiger partial charge in [-0.2, -0.15) is 0 Å². The molecule has 0 aliphatic carbocycles. The number of halogens is 1. The topological polar surface area (TPSA) is 41.1 Å². The Balaban J connectivity index is 0.00000200. The standard InChI is InChI=1S/C16H24N2O.ClH/c1-12-6-4-5-7-14(12)16(2,3)11-18-15(19)13-8-9-17-10-13;/h4-7,13,17H,8-11H2,1-3H3,(H,18,19);1H. The van der Waals surface area contributed by atoms with Gasteiger partial charge in [-0.3, -0.25) is 4.79 Å². The highest BCUT2D eigenvalue weighted by atomic mass is 35.5. The molecule has 1 amide bonds. The van der Waals surface area contributed by atoms with Gasteiger partial charge in [0.25, 0.3) is 0 Å². The molecule has 112 valence electrons. The van der Waals surface area contributed by atoms with E-state index in [0.717, 1.165) is 19.5 Å². The molecule has 1 unspecified atom stereocenters. The highest BCUT2D eigenvalue weighted by Crippen LogP contribution is 2.25. The predicted octanol–water partition coefficient (Wildman–Crippen LogP) is 2.42. The smallest absolute Gasteiger partial charge is 0.224 e. The summed E-state index contributed by atoms with van der Waals surface area (Å²) in [5, 5.41) is 6.34. The minimum Gasteiger partial charge on any atom is -0.355 e. The number of nitrogens with one attached hydrogen (secondary N) is 2. The van der Waals surface area contributed by atoms with Crippen LogP contribution in [0, 0.1) is 12.8 Å². The van der Waals surface area contributed by atoms with E-state index in [0.29, 0.717) is 6.54 Å². The average molecular weight is 297 g/mol. The lowest BCUT2D eigenvalue weighted by Gasteiger charge is -2.28. The van der Waals surface area contributed by atoms with Gasteiger partial charge in [-0.05, 0) is 31.0 Å². The molecule has 1 fully saturated rings. The number of hydrogen-bond donors (Lipinski definition) is 2. The monoisotopic (exact) mass is 296 g/mol. The number of amides is 1. The SMILES string of the molecule is Cc1ccccc1C(C)(C)CNC(=O)C1CCNC1.Cl. The molecule has 3 nitrogen and oxygen atoms in total. The van der Waals surface area contributed by atoms with Gasteiger partial charge in [0.05, 0.1) is 5.92 Å². The first-order valence-corrected chi connectivity index (χ1v) is 7.05. The zero-order chi connectivity index (χ0) is 13.9. The average Bonchev–Trinajstić information content (AvgIpc) is 2.90. The second-order valence-electron chi connectivity index (χ2n) is 6.11. The Labute approximate surface area is 127 Å². The summed E-state index contributed by atoms with van der Waals surface area (Å²) in [6.07, 6.45) is 0.955. The van der Waals surface area contributed by atoms with Crippen LogP contribution in [-0.4, -0.2) is 25.5 Å². The van der Waals surface area contributed by atoms with Crippen molar-refractivity contribution in [3.05, 3.63) is 35.4 Å². The van der Waals surface area contributed by atoms with E-state index in [1.54, 1.807) is 0 Å². The predicted molar refractivity (Wildman–Crippen MR) is 85.4 cm³/mol. The summed E-state index contributed by atoms with van der Waals surface area (Å²) in [7, 11) is 0. The van der Waals surface area contributed by atoms with Crippen LogP contribution in [0.5, 0.6) is 0 Å². The quantitative estimate of drug-likeness (QED) is 0.896. The van der Waals surface area contributed by atoms with Crippen molar-refractivity contribution in [3.8, 4) is 0 Å². The normalized spacial score (nSPS) is 18.4. The van der Waals surface area contributed by atoms with Crippen molar-refractivity contribution in [3.63, 3.8) is 0 Å². The fourth-order valence-electron chi connectivity index (χ4n) is 2.76. The van der Waals surface area contributed by atoms with Gasteiger partial charge in [0.2, 0.25) is 5.91 Å². The van der Waals surface area contributed by atoms with E-state index in [4.69, 9.17) is 0 Å². The summed E-state index contributed by atoms with van der Waals surface area (Å²) in [6, 6.07) is 8.39. The molecule has 0 bridgehead atoms. The summed E-state index contributed by atoms with van der Waals surface area (Å²) >= 11 is 0. The summed E-state index contributed by atoms with van der Waals surface area (Å²) < 4.78 is 0. The Bertz CT molecular complexity index is 454. The van der Waals surface area contributed by atoms with Gasteiger partial charge in [0.1, 0.15) is 0 Å². The fraction of sp³-hybridized carbons (Fsp3) is 0.562. The number of hydrogen-bond acceptors (Lipinski definition) is 2. The first-order valence-electron chi connectivity index (χ1n) is 7.05. The maximum Gasteiger partial charge on any atom is 0.224 e. The minimum atomic E-state index is -0.0347. The highest BCUT2D eigenvalue weighted by molar-refractivity contribution is 5.85. The Hall–Kier alpha value is -1.06. The van der Waals surface area contributed by atoms with Crippen molar-refractivity contribution in [2.24, 2.45) is 5.92 Å². The first kappa shape index (κ1) is 17.0. The van der Waals surface area contributed by atoms with Crippen LogP contribution in [0.3, 0.4) is 0 Å². The molecule has 20 heavy (non-hydrogen) atoms. The Morgan fingerprint density at radius 1 is 1.40 bits per heavy atom. The van der Waals surface area contributed by atoms with Crippen molar-refractivity contribution in [1.29, 1.82) is 0 Å². The van der Waals surface area contributed by atoms with Crippen LogP contribution in [0.15, 0.2) is 24.3 Å². The molecule has 4 heteroatoms. The van der Waals surface area contributed by atoms with Crippen molar-refractivity contribution < 1.29 is 4.79 Å². The van der Waals surface area contributed by atoms with E-state index in [9.17, 15) is 4.79 Å². The van der Waals surface area contributed by atoms with Crippen LogP contribution in [-0.2, 0) is 10.2 Å². The molecule has 0 aromatic heterocycles. The van der Waals surface area contributed by atoms with E-state index < -0.39 is 0 Å². The van der Waals surface area contributed by atoms with E-state index in [-0.39, 0.29) is 29.6 Å². The van der Waals surface area contributed by atoms with Gasteiger partial charge in [0.15, 0.2) is 0 Å². The molecule has 1 aromatic carbocycles. The lowest BCUT2D eigenvalue weighted by molar-refractivity contribution is -0.124. The van der Waals surface area contributed by atoms with Gasteiger partial charge >= 0.3 is 0 Å². The van der Waals surface area contributed by atoms with Gasteiger partial charge in [-0.25, -0.2) is 0 Å². The Morgan fingerprint density at radius 3 is 2.70 bits per heavy atom. The summed E-state index contributed by atoms with van der Waals surface area (Å²) in [5.41, 5.74) is 2.55. The van der Waals surface area contributed by atoms with Crippen LogP contribution in [0.2, 0.25) is 0 Å². The van der Waals surface area contributed by atoms with Crippen LogP contribution >= 0.6 is 12.4 Å². The number of rotatable bonds is 4. The molecule has 0 saturated carbocycles. The van der Waals surface area contributed by atoms with Crippen LogP contribution in [0.25, 0.3) is 0 Å². The lowest BCUT2D eigenvalue weighted by atomic mass is 9.82. The third kappa shape index (κ3) is 3.97. The minimum absolute atomic E-state index is 0. The second kappa shape index (κ2) is 7.09. The molecular formula is C16H25ClN2O. The maximum atomic E-state index is 12.1. The van der Waals surface area contributed by atoms with E-state index in [2.05, 4.69) is 55.7 Å². The maximum absolute atomic E-state index is 12.1. The lowest BCUT2D eigenvalue weighted by Crippen LogP contribution is -2.40. The second-order valence-corrected chi connectivity index (χ2v) is 6.11. The molecule has 1 aliphatic heterocycles. The zero-order valence-corrected chi connectivity index (χ0v) is 13.3. The van der Waals surface area contributed by atoms with Gasteiger partial charge in [0, 0.05) is 18.5 Å². The number of carbonyl (C=O) groups is 1. The summed E-state index contributed by atoms with van der Waals surface area (Å²) in [4.78, 5) is 12.1.